The van der Waals surface area contributed by atoms with E-state index in [4.69, 9.17) is 11.6 Å². The van der Waals surface area contributed by atoms with Crippen LogP contribution in [-0.4, -0.2) is 32.5 Å². The summed E-state index contributed by atoms with van der Waals surface area (Å²) in [5.41, 5.74) is 0.618. The number of halogens is 1. The molecule has 124 valence electrons. The third-order valence-electron chi connectivity index (χ3n) is 3.75. The Bertz CT molecular complexity index is 925. The molecule has 1 unspecified atom stereocenters. The third kappa shape index (κ3) is 2.65. The lowest BCUT2D eigenvalue weighted by atomic mass is 10.2. The number of fused-ring (bicyclic) bond motifs is 1. The summed E-state index contributed by atoms with van der Waals surface area (Å²) in [7, 11) is -2.68. The van der Waals surface area contributed by atoms with Crippen molar-refractivity contribution >= 4 is 44.6 Å². The molecule has 1 atom stereocenters. The summed E-state index contributed by atoms with van der Waals surface area (Å²) in [6, 6.07) is 12.2. The van der Waals surface area contributed by atoms with Gasteiger partial charge in [-0.05, 0) is 36.4 Å². The Labute approximate surface area is 144 Å². The second-order valence-electron chi connectivity index (χ2n) is 5.29. The van der Waals surface area contributed by atoms with Crippen LogP contribution < -0.4 is 10.2 Å². The number of amides is 2. The van der Waals surface area contributed by atoms with Crippen molar-refractivity contribution in [3.05, 3.63) is 53.6 Å². The van der Waals surface area contributed by atoms with E-state index in [-0.39, 0.29) is 10.6 Å². The Kier molecular flexibility index (Phi) is 4.06. The van der Waals surface area contributed by atoms with Gasteiger partial charge in [-0.2, -0.15) is 0 Å². The van der Waals surface area contributed by atoms with Crippen LogP contribution in [0.25, 0.3) is 0 Å². The quantitative estimate of drug-likeness (QED) is 0.827. The number of hydrogen-bond donors (Lipinski definition) is 1. The first-order valence-electron chi connectivity index (χ1n) is 6.99. The van der Waals surface area contributed by atoms with Gasteiger partial charge >= 0.3 is 0 Å². The van der Waals surface area contributed by atoms with Gasteiger partial charge in [0.2, 0.25) is 15.1 Å². The molecule has 1 aliphatic rings. The molecule has 0 spiro atoms. The van der Waals surface area contributed by atoms with E-state index in [1.807, 2.05) is 0 Å². The highest BCUT2D eigenvalue weighted by molar-refractivity contribution is 7.94. The first-order valence-corrected chi connectivity index (χ1v) is 8.92. The first kappa shape index (κ1) is 16.5. The second-order valence-corrected chi connectivity index (χ2v) is 7.72. The Morgan fingerprint density at radius 1 is 1.12 bits per heavy atom. The molecule has 2 aromatic rings. The highest BCUT2D eigenvalue weighted by Crippen LogP contribution is 2.33. The highest BCUT2D eigenvalue weighted by atomic mass is 35.5. The lowest BCUT2D eigenvalue weighted by Gasteiger charge is -2.30. The summed E-state index contributed by atoms with van der Waals surface area (Å²) in [5, 5.41) is 1.10. The van der Waals surface area contributed by atoms with E-state index in [1.54, 1.807) is 24.3 Å². The largest absolute Gasteiger partial charge is 0.324 e. The van der Waals surface area contributed by atoms with Gasteiger partial charge in [-0.15, -0.1) is 0 Å². The maximum absolute atomic E-state index is 12.7. The Morgan fingerprint density at radius 3 is 2.42 bits per heavy atom. The van der Waals surface area contributed by atoms with Gasteiger partial charge in [-0.1, -0.05) is 23.7 Å². The van der Waals surface area contributed by atoms with Crippen LogP contribution in [-0.2, 0) is 19.4 Å². The Hall–Kier alpha value is -2.38. The number of benzene rings is 2. The fraction of sp³-hybridized carbons (Fsp3) is 0.125. The molecule has 0 saturated carbocycles. The van der Waals surface area contributed by atoms with E-state index >= 15 is 0 Å². The molecule has 1 N–H and O–H groups in total. The van der Waals surface area contributed by atoms with Crippen molar-refractivity contribution in [3.63, 3.8) is 0 Å². The molecule has 6 nitrogen and oxygen atoms in total. The minimum Gasteiger partial charge on any atom is -0.324 e. The average molecular weight is 365 g/mol. The van der Waals surface area contributed by atoms with Gasteiger partial charge < -0.3 is 10.2 Å². The van der Waals surface area contributed by atoms with Crippen molar-refractivity contribution in [3.8, 4) is 0 Å². The van der Waals surface area contributed by atoms with E-state index in [2.05, 4.69) is 5.32 Å². The topological polar surface area (TPSA) is 83.6 Å². The predicted octanol–water partition coefficient (Wildman–Crippen LogP) is 2.10. The van der Waals surface area contributed by atoms with E-state index in [1.165, 1.54) is 36.2 Å². The molecular formula is C16H13ClN2O4S. The molecule has 24 heavy (non-hydrogen) atoms. The summed E-state index contributed by atoms with van der Waals surface area (Å²) >= 11 is 5.77. The molecule has 0 aliphatic carbocycles. The molecule has 0 bridgehead atoms. The van der Waals surface area contributed by atoms with Crippen molar-refractivity contribution in [2.24, 2.45) is 0 Å². The average Bonchev–Trinajstić information content (AvgIpc) is 2.55. The van der Waals surface area contributed by atoms with Crippen LogP contribution in [0.15, 0.2) is 53.4 Å². The highest BCUT2D eigenvalue weighted by Gasteiger charge is 2.47. The molecule has 0 saturated heterocycles. The Balaban J connectivity index is 1.99. The SMILES string of the molecule is CN1C(=O)C(C(=O)Nc2ccc(Cl)cc2)S(=O)(=O)c2ccccc21. The number of carbonyl (C=O) groups is 2. The number of nitrogens with zero attached hydrogens (tertiary/aromatic N) is 1. The van der Waals surface area contributed by atoms with E-state index < -0.39 is 26.9 Å². The molecule has 1 aliphatic heterocycles. The van der Waals surface area contributed by atoms with Gasteiger partial charge in [0.15, 0.2) is 0 Å². The smallest absolute Gasteiger partial charge is 0.255 e. The number of nitrogens with one attached hydrogen (secondary N) is 1. The maximum Gasteiger partial charge on any atom is 0.255 e. The van der Waals surface area contributed by atoms with Crippen LogP contribution in [0.2, 0.25) is 5.02 Å². The fourth-order valence-electron chi connectivity index (χ4n) is 2.52. The second kappa shape index (κ2) is 5.92. The zero-order valence-electron chi connectivity index (χ0n) is 12.6. The van der Waals surface area contributed by atoms with E-state index in [0.717, 1.165) is 0 Å². The fourth-order valence-corrected chi connectivity index (χ4v) is 4.43. The summed E-state index contributed by atoms with van der Waals surface area (Å²) in [6.07, 6.45) is 0. The summed E-state index contributed by atoms with van der Waals surface area (Å²) < 4.78 is 25.4. The number of para-hydroxylation sites is 1. The van der Waals surface area contributed by atoms with E-state index in [0.29, 0.717) is 10.7 Å². The zero-order valence-corrected chi connectivity index (χ0v) is 14.1. The van der Waals surface area contributed by atoms with Crippen LogP contribution in [0.1, 0.15) is 0 Å². The van der Waals surface area contributed by atoms with Crippen molar-refractivity contribution < 1.29 is 18.0 Å². The zero-order chi connectivity index (χ0) is 17.5. The molecule has 2 aromatic carbocycles. The summed E-state index contributed by atoms with van der Waals surface area (Å²) in [4.78, 5) is 26.1. The monoisotopic (exact) mass is 364 g/mol. The molecule has 0 aromatic heterocycles. The van der Waals surface area contributed by atoms with Crippen molar-refractivity contribution in [2.45, 2.75) is 10.1 Å². The molecule has 0 radical (unpaired) electrons. The third-order valence-corrected chi connectivity index (χ3v) is 5.99. The number of sulfone groups is 1. The molecule has 8 heteroatoms. The normalized spacial score (nSPS) is 18.8. The van der Waals surface area contributed by atoms with Crippen LogP contribution in [0.4, 0.5) is 11.4 Å². The predicted molar refractivity (Wildman–Crippen MR) is 90.9 cm³/mol. The first-order chi connectivity index (χ1) is 11.3. The van der Waals surface area contributed by atoms with Crippen LogP contribution in [0.5, 0.6) is 0 Å². The minimum atomic E-state index is -4.12. The van der Waals surface area contributed by atoms with Gasteiger partial charge in [0, 0.05) is 17.8 Å². The number of anilines is 2. The van der Waals surface area contributed by atoms with E-state index in [9.17, 15) is 18.0 Å². The summed E-state index contributed by atoms with van der Waals surface area (Å²) in [6.45, 7) is 0. The Morgan fingerprint density at radius 2 is 1.75 bits per heavy atom. The van der Waals surface area contributed by atoms with Crippen LogP contribution in [0, 0.1) is 0 Å². The molecular weight excluding hydrogens is 352 g/mol. The van der Waals surface area contributed by atoms with Crippen molar-refractivity contribution in [2.75, 3.05) is 17.3 Å². The number of hydrogen-bond acceptors (Lipinski definition) is 4. The maximum atomic E-state index is 12.7. The lowest BCUT2D eigenvalue weighted by molar-refractivity contribution is -0.124. The van der Waals surface area contributed by atoms with Gasteiger partial charge in [0.1, 0.15) is 0 Å². The lowest BCUT2D eigenvalue weighted by Crippen LogP contribution is -2.51. The summed E-state index contributed by atoms with van der Waals surface area (Å²) in [5.74, 6) is -1.69. The number of rotatable bonds is 2. The number of carbonyl (C=O) groups excluding carboxylic acids is 2. The van der Waals surface area contributed by atoms with Gasteiger partial charge in [-0.3, -0.25) is 9.59 Å². The minimum absolute atomic E-state index is 0.0386. The molecule has 2 amide bonds. The van der Waals surface area contributed by atoms with Crippen molar-refractivity contribution in [1.29, 1.82) is 0 Å². The van der Waals surface area contributed by atoms with Crippen LogP contribution >= 0.6 is 11.6 Å². The van der Waals surface area contributed by atoms with Crippen LogP contribution in [0.3, 0.4) is 0 Å². The molecule has 3 rings (SSSR count). The van der Waals surface area contributed by atoms with Gasteiger partial charge in [0.25, 0.3) is 11.8 Å². The standard InChI is InChI=1S/C16H13ClN2O4S/c1-19-12-4-2-3-5-13(12)24(22,23)14(16(19)21)15(20)18-11-8-6-10(17)7-9-11/h2-9,14H,1H3,(H,18,20). The molecule has 0 fully saturated rings. The van der Waals surface area contributed by atoms with Crippen molar-refractivity contribution in [1.82, 2.24) is 0 Å². The molecule has 1 heterocycles. The van der Waals surface area contributed by atoms with Gasteiger partial charge in [0.05, 0.1) is 10.6 Å². The van der Waals surface area contributed by atoms with Gasteiger partial charge in [-0.25, -0.2) is 8.42 Å².